The number of hydrogen-bond donors (Lipinski definition) is 4. The quantitative estimate of drug-likeness (QED) is 0.0868. The Morgan fingerprint density at radius 3 is 1.87 bits per heavy atom. The molecule has 1 aliphatic carbocycles. The number of carbonyl (C=O) groups excluding carboxylic acids is 4. The molecule has 6 unspecified atom stereocenters. The van der Waals surface area contributed by atoms with Crippen LogP contribution >= 0.6 is 0 Å². The lowest BCUT2D eigenvalue weighted by molar-refractivity contribution is -0.137. The number of ether oxygens (including phenoxy) is 3. The molecule has 0 spiro atoms. The first kappa shape index (κ1) is 43.2. The van der Waals surface area contributed by atoms with Crippen molar-refractivity contribution in [3.05, 3.63) is 108 Å². The molecular weight excluding hydrogens is 801 g/mol. The minimum Gasteiger partial charge on any atom is -0.453 e. The smallest absolute Gasteiger partial charge is 0.408 e. The molecule has 2 aliphatic heterocycles. The molecule has 2 aromatic heterocycles. The predicted molar refractivity (Wildman–Crippen MR) is 236 cm³/mol. The van der Waals surface area contributed by atoms with Crippen molar-refractivity contribution >= 4 is 24.0 Å². The van der Waals surface area contributed by atoms with Gasteiger partial charge in [-0.15, -0.1) is 0 Å². The molecular formula is C48H56N8O7. The molecule has 3 aromatic carbocycles. The summed E-state index contributed by atoms with van der Waals surface area (Å²) in [6.45, 7) is 6.82. The van der Waals surface area contributed by atoms with E-state index in [1.165, 1.54) is 7.11 Å². The summed E-state index contributed by atoms with van der Waals surface area (Å²) in [4.78, 5) is 73.2. The number of likely N-dealkylation sites (tertiary alicyclic amines) is 2. The molecule has 63 heavy (non-hydrogen) atoms. The topological polar surface area (TPSA) is 184 Å². The van der Waals surface area contributed by atoms with Crippen molar-refractivity contribution in [3.63, 3.8) is 0 Å². The van der Waals surface area contributed by atoms with Gasteiger partial charge in [0, 0.05) is 25.6 Å². The van der Waals surface area contributed by atoms with E-state index in [1.807, 2.05) is 74.3 Å². The Bertz CT molecular complexity index is 2380. The van der Waals surface area contributed by atoms with Crippen molar-refractivity contribution in [3.8, 4) is 33.6 Å². The number of hydrogen-bond acceptors (Lipinski definition) is 9. The summed E-state index contributed by atoms with van der Waals surface area (Å²) in [7, 11) is 2.94. The van der Waals surface area contributed by atoms with E-state index in [4.69, 9.17) is 24.2 Å². The molecule has 6 atom stereocenters. The number of methoxy groups -OCH3 is 2. The van der Waals surface area contributed by atoms with Gasteiger partial charge in [-0.2, -0.15) is 0 Å². The number of H-pyrrole nitrogens is 2. The minimum absolute atomic E-state index is 0.0486. The van der Waals surface area contributed by atoms with Gasteiger partial charge >= 0.3 is 12.2 Å². The molecule has 1 saturated carbocycles. The van der Waals surface area contributed by atoms with Gasteiger partial charge in [0.2, 0.25) is 5.91 Å². The van der Waals surface area contributed by atoms with Gasteiger partial charge in [0.15, 0.2) is 0 Å². The van der Waals surface area contributed by atoms with Gasteiger partial charge in [0.25, 0.3) is 5.91 Å². The van der Waals surface area contributed by atoms with E-state index in [9.17, 15) is 19.2 Å². The summed E-state index contributed by atoms with van der Waals surface area (Å²) in [6, 6.07) is 23.5. The van der Waals surface area contributed by atoms with Crippen molar-refractivity contribution in [2.45, 2.75) is 89.2 Å². The molecule has 15 nitrogen and oxygen atoms in total. The SMILES string of the molecule is COCC1CC(c2ncc(-c3ccc(-c4ccc(-c5cnc(C6CCC(C)N6C(=O)C(NC(=O)OC6CC6)c6ccccc6)[nH]5)cc4)cc3)[nH]2)N(C(=O)C(NC(=O)OC)C(C)C)C1. The van der Waals surface area contributed by atoms with Crippen molar-refractivity contribution in [2.75, 3.05) is 27.4 Å². The standard InChI is InChI=1S/C48H56N8O7/c1-28(2)41(53-47(59)62-5)45(57)55-26-30(27-61-4)23-40(55)44-50-25-38(52-44)34-18-14-32(15-19-34)31-12-16-33(17-13-31)37-24-49-43(51-37)39-22-11-29(3)56(39)46(58)42(35-9-7-6-8-10-35)54-48(60)63-36-20-21-36/h6-10,12-19,24-25,28-30,36,39-42H,11,20-23,26-27H2,1-5H3,(H,49,51)(H,50,52)(H,53,59)(H,54,60). The fourth-order valence-corrected chi connectivity index (χ4v) is 8.85. The van der Waals surface area contributed by atoms with Crippen LogP contribution in [0.3, 0.4) is 0 Å². The summed E-state index contributed by atoms with van der Waals surface area (Å²) < 4.78 is 15.7. The van der Waals surface area contributed by atoms with Crippen LogP contribution in [0.1, 0.15) is 88.2 Å². The molecule has 3 fully saturated rings. The summed E-state index contributed by atoms with van der Waals surface area (Å²) in [6.07, 6.45) is 6.21. The highest BCUT2D eigenvalue weighted by Gasteiger charge is 2.43. The normalized spacial score (nSPS) is 20.7. The number of imidazole rings is 2. The summed E-state index contributed by atoms with van der Waals surface area (Å²) >= 11 is 0. The fourth-order valence-electron chi connectivity index (χ4n) is 8.85. The first-order chi connectivity index (χ1) is 30.5. The molecule has 4 N–H and O–H groups in total. The van der Waals surface area contributed by atoms with Crippen LogP contribution in [-0.2, 0) is 23.8 Å². The molecule has 0 radical (unpaired) electrons. The third-order valence-electron chi connectivity index (χ3n) is 12.4. The molecule has 330 valence electrons. The summed E-state index contributed by atoms with van der Waals surface area (Å²) in [5.41, 5.74) is 6.37. The largest absolute Gasteiger partial charge is 0.453 e. The lowest BCUT2D eigenvalue weighted by Gasteiger charge is -2.31. The number of aromatic nitrogens is 4. The van der Waals surface area contributed by atoms with Crippen molar-refractivity contribution in [2.24, 2.45) is 11.8 Å². The minimum atomic E-state index is -0.884. The Labute approximate surface area is 367 Å². The van der Waals surface area contributed by atoms with Crippen LogP contribution in [0.15, 0.2) is 91.3 Å². The summed E-state index contributed by atoms with van der Waals surface area (Å²) in [5, 5.41) is 5.57. The molecule has 5 aromatic rings. The van der Waals surface area contributed by atoms with E-state index in [0.717, 1.165) is 59.3 Å². The van der Waals surface area contributed by atoms with Gasteiger partial charge in [-0.05, 0) is 72.8 Å². The Balaban J connectivity index is 0.940. The zero-order valence-electron chi connectivity index (χ0n) is 36.4. The van der Waals surface area contributed by atoms with Crippen LogP contribution in [0.2, 0.25) is 0 Å². The molecule has 4 amide bonds. The number of benzene rings is 3. The van der Waals surface area contributed by atoms with E-state index in [-0.39, 0.29) is 47.9 Å². The number of nitrogens with zero attached hydrogens (tertiary/aromatic N) is 4. The maximum absolute atomic E-state index is 14.3. The second-order valence-corrected chi connectivity index (χ2v) is 17.2. The van der Waals surface area contributed by atoms with Gasteiger partial charge in [0.05, 0.1) is 49.6 Å². The average molecular weight is 857 g/mol. The number of aromatic amines is 2. The Kier molecular flexibility index (Phi) is 12.9. The van der Waals surface area contributed by atoms with Gasteiger partial charge in [-0.3, -0.25) is 9.59 Å². The zero-order chi connectivity index (χ0) is 44.2. The van der Waals surface area contributed by atoms with E-state index in [2.05, 4.69) is 57.0 Å². The van der Waals surface area contributed by atoms with E-state index >= 15 is 0 Å². The van der Waals surface area contributed by atoms with E-state index < -0.39 is 24.3 Å². The zero-order valence-corrected chi connectivity index (χ0v) is 36.4. The van der Waals surface area contributed by atoms with E-state index in [0.29, 0.717) is 36.8 Å². The van der Waals surface area contributed by atoms with E-state index in [1.54, 1.807) is 18.2 Å². The van der Waals surface area contributed by atoms with Gasteiger partial charge in [0.1, 0.15) is 29.8 Å². The van der Waals surface area contributed by atoms with Crippen LogP contribution in [0.4, 0.5) is 9.59 Å². The first-order valence-corrected chi connectivity index (χ1v) is 21.8. The number of rotatable bonds is 14. The lowest BCUT2D eigenvalue weighted by atomic mass is 10.0. The molecule has 4 heterocycles. The lowest BCUT2D eigenvalue weighted by Crippen LogP contribution is -2.51. The van der Waals surface area contributed by atoms with Crippen molar-refractivity contribution in [1.29, 1.82) is 0 Å². The van der Waals surface area contributed by atoms with Crippen molar-refractivity contribution < 1.29 is 33.4 Å². The Hall–Kier alpha value is -6.48. The molecule has 15 heteroatoms. The highest BCUT2D eigenvalue weighted by molar-refractivity contribution is 5.88. The molecule has 2 saturated heterocycles. The second kappa shape index (κ2) is 18.9. The van der Waals surface area contributed by atoms with Gasteiger partial charge in [-0.1, -0.05) is 92.7 Å². The average Bonchev–Trinajstić information content (AvgIpc) is 3.70. The molecule has 0 bridgehead atoms. The highest BCUT2D eigenvalue weighted by Crippen LogP contribution is 2.39. The van der Waals surface area contributed by atoms with Crippen molar-refractivity contribution in [1.82, 2.24) is 40.4 Å². The second-order valence-electron chi connectivity index (χ2n) is 17.2. The fraction of sp³-hybridized carbons (Fsp3) is 0.417. The third kappa shape index (κ3) is 9.63. The maximum atomic E-state index is 14.3. The molecule has 3 aliphatic rings. The Morgan fingerprint density at radius 1 is 0.730 bits per heavy atom. The van der Waals surface area contributed by atoms with Crippen LogP contribution in [0.5, 0.6) is 0 Å². The van der Waals surface area contributed by atoms with Crippen LogP contribution in [0.25, 0.3) is 33.6 Å². The maximum Gasteiger partial charge on any atom is 0.408 e. The number of alkyl carbamates (subject to hydrolysis) is 2. The first-order valence-electron chi connectivity index (χ1n) is 21.8. The monoisotopic (exact) mass is 856 g/mol. The van der Waals surface area contributed by atoms with Crippen LogP contribution < -0.4 is 10.6 Å². The summed E-state index contributed by atoms with van der Waals surface area (Å²) in [5.74, 6) is 0.976. The van der Waals surface area contributed by atoms with Crippen LogP contribution in [-0.4, -0.2) is 99.3 Å². The number of amides is 4. The number of nitrogens with one attached hydrogen (secondary N) is 4. The predicted octanol–water partition coefficient (Wildman–Crippen LogP) is 7.73. The third-order valence-corrected chi connectivity index (χ3v) is 12.4. The van der Waals surface area contributed by atoms with Crippen LogP contribution in [0, 0.1) is 11.8 Å². The Morgan fingerprint density at radius 2 is 1.32 bits per heavy atom. The highest BCUT2D eigenvalue weighted by atomic mass is 16.6. The van der Waals surface area contributed by atoms with Gasteiger partial charge in [-0.25, -0.2) is 19.6 Å². The molecule has 8 rings (SSSR count). The van der Waals surface area contributed by atoms with Gasteiger partial charge < -0.3 is 44.6 Å². The number of carbonyl (C=O) groups is 4.